The van der Waals surface area contributed by atoms with Crippen LogP contribution < -0.4 is 4.74 Å². The summed E-state index contributed by atoms with van der Waals surface area (Å²) in [6.45, 7) is 4.02. The van der Waals surface area contributed by atoms with Gasteiger partial charge in [-0.3, -0.25) is 9.59 Å². The zero-order valence-electron chi connectivity index (χ0n) is 17.6. The number of benzene rings is 2. The first kappa shape index (κ1) is 20.5. The molecule has 0 bridgehead atoms. The highest BCUT2D eigenvalue weighted by atomic mass is 16.5. The van der Waals surface area contributed by atoms with Crippen LogP contribution in [0.3, 0.4) is 0 Å². The summed E-state index contributed by atoms with van der Waals surface area (Å²) in [6, 6.07) is 13.0. The van der Waals surface area contributed by atoms with Gasteiger partial charge in [-0.05, 0) is 52.7 Å². The zero-order valence-corrected chi connectivity index (χ0v) is 17.6. The van der Waals surface area contributed by atoms with E-state index < -0.39 is 0 Å². The lowest BCUT2D eigenvalue weighted by atomic mass is 10.1. The molecule has 0 atom stereocenters. The highest BCUT2D eigenvalue weighted by Gasteiger charge is 2.25. The van der Waals surface area contributed by atoms with Crippen LogP contribution in [0.15, 0.2) is 48.8 Å². The Labute approximate surface area is 180 Å². The van der Waals surface area contributed by atoms with Gasteiger partial charge in [-0.15, -0.1) is 5.10 Å². The molecule has 3 aromatic rings. The van der Waals surface area contributed by atoms with Crippen molar-refractivity contribution < 1.29 is 14.3 Å². The van der Waals surface area contributed by atoms with Crippen molar-refractivity contribution in [3.63, 3.8) is 0 Å². The van der Waals surface area contributed by atoms with Crippen molar-refractivity contribution in [3.05, 3.63) is 65.5 Å². The topological polar surface area (TPSA) is 93.5 Å². The molecule has 1 saturated heterocycles. The Morgan fingerprint density at radius 1 is 1.00 bits per heavy atom. The van der Waals surface area contributed by atoms with E-state index in [1.54, 1.807) is 22.8 Å². The lowest BCUT2D eigenvalue weighted by Crippen LogP contribution is -2.51. The van der Waals surface area contributed by atoms with Crippen molar-refractivity contribution in [1.82, 2.24) is 30.0 Å². The maximum Gasteiger partial charge on any atom is 0.254 e. The van der Waals surface area contributed by atoms with Gasteiger partial charge in [0.05, 0.1) is 19.2 Å². The molecule has 9 heteroatoms. The van der Waals surface area contributed by atoms with Crippen LogP contribution in [0.4, 0.5) is 0 Å². The van der Waals surface area contributed by atoms with Gasteiger partial charge in [0.2, 0.25) is 5.91 Å². The van der Waals surface area contributed by atoms with Crippen LogP contribution in [0.5, 0.6) is 5.75 Å². The van der Waals surface area contributed by atoms with Crippen LogP contribution in [0.2, 0.25) is 0 Å². The quantitative estimate of drug-likeness (QED) is 0.621. The number of aromatic nitrogens is 4. The molecule has 2 amide bonds. The SMILES string of the molecule is COc1cc(C(=O)N2CCN(C(=O)Cc3ccc(-n4cnnn4)cc3)CC2)ccc1C. The second-order valence-corrected chi connectivity index (χ2v) is 7.46. The molecule has 2 aromatic carbocycles. The predicted octanol–water partition coefficient (Wildman–Crippen LogP) is 1.51. The highest BCUT2D eigenvalue weighted by Crippen LogP contribution is 2.20. The summed E-state index contributed by atoms with van der Waals surface area (Å²) < 4.78 is 6.88. The minimum absolute atomic E-state index is 0.0383. The summed E-state index contributed by atoms with van der Waals surface area (Å²) in [4.78, 5) is 29.1. The van der Waals surface area contributed by atoms with Crippen molar-refractivity contribution in [2.75, 3.05) is 33.3 Å². The second kappa shape index (κ2) is 8.95. The van der Waals surface area contributed by atoms with E-state index in [1.165, 1.54) is 6.33 Å². The summed E-state index contributed by atoms with van der Waals surface area (Å²) in [7, 11) is 1.60. The van der Waals surface area contributed by atoms with Gasteiger partial charge in [-0.25, -0.2) is 4.68 Å². The van der Waals surface area contributed by atoms with Gasteiger partial charge in [0.1, 0.15) is 12.1 Å². The number of rotatable bonds is 5. The van der Waals surface area contributed by atoms with Crippen LogP contribution in [0.1, 0.15) is 21.5 Å². The van der Waals surface area contributed by atoms with E-state index >= 15 is 0 Å². The van der Waals surface area contributed by atoms with Crippen molar-refractivity contribution >= 4 is 11.8 Å². The Bertz CT molecular complexity index is 1060. The molecule has 0 unspecified atom stereocenters. The summed E-state index contributed by atoms with van der Waals surface area (Å²) in [5, 5.41) is 11.1. The summed E-state index contributed by atoms with van der Waals surface area (Å²) in [6.07, 6.45) is 1.84. The van der Waals surface area contributed by atoms with Gasteiger partial charge in [0.25, 0.3) is 5.91 Å². The van der Waals surface area contributed by atoms with E-state index in [9.17, 15) is 9.59 Å². The first-order valence-electron chi connectivity index (χ1n) is 10.1. The lowest BCUT2D eigenvalue weighted by Gasteiger charge is -2.35. The third-order valence-electron chi connectivity index (χ3n) is 5.48. The average Bonchev–Trinajstić information content (AvgIpc) is 3.34. The van der Waals surface area contributed by atoms with Crippen LogP contribution in [-0.4, -0.2) is 75.1 Å². The standard InChI is InChI=1S/C22H24N6O3/c1-16-3-6-18(14-20(16)31-2)22(30)27-11-9-26(10-12-27)21(29)13-17-4-7-19(8-5-17)28-15-23-24-25-28/h3-8,14-15H,9-13H2,1-2H3. The number of nitrogens with zero attached hydrogens (tertiary/aromatic N) is 6. The van der Waals surface area contributed by atoms with Gasteiger partial charge in [-0.2, -0.15) is 0 Å². The fourth-order valence-corrected chi connectivity index (χ4v) is 3.63. The Morgan fingerprint density at radius 2 is 1.71 bits per heavy atom. The Hall–Kier alpha value is -3.75. The molecule has 2 heterocycles. The highest BCUT2D eigenvalue weighted by molar-refractivity contribution is 5.95. The fraction of sp³-hybridized carbons (Fsp3) is 0.318. The van der Waals surface area contributed by atoms with Crippen LogP contribution in [0, 0.1) is 6.92 Å². The maximum atomic E-state index is 12.8. The molecule has 31 heavy (non-hydrogen) atoms. The molecule has 1 fully saturated rings. The number of tetrazole rings is 1. The van der Waals surface area contributed by atoms with Gasteiger partial charge < -0.3 is 14.5 Å². The first-order valence-corrected chi connectivity index (χ1v) is 10.1. The van der Waals surface area contributed by atoms with Gasteiger partial charge in [0.15, 0.2) is 0 Å². The number of piperazine rings is 1. The average molecular weight is 420 g/mol. The molecule has 1 aliphatic heterocycles. The largest absolute Gasteiger partial charge is 0.496 e. The normalized spacial score (nSPS) is 13.9. The number of methoxy groups -OCH3 is 1. The number of ether oxygens (including phenoxy) is 1. The van der Waals surface area contributed by atoms with Crippen molar-refractivity contribution in [2.24, 2.45) is 0 Å². The summed E-state index contributed by atoms with van der Waals surface area (Å²) >= 11 is 0. The van der Waals surface area contributed by atoms with E-state index in [-0.39, 0.29) is 11.8 Å². The number of carbonyl (C=O) groups is 2. The molecule has 4 rings (SSSR count). The lowest BCUT2D eigenvalue weighted by molar-refractivity contribution is -0.131. The monoisotopic (exact) mass is 420 g/mol. The van der Waals surface area contributed by atoms with E-state index in [4.69, 9.17) is 4.74 Å². The molecule has 1 aromatic heterocycles. The van der Waals surface area contributed by atoms with Gasteiger partial charge in [0, 0.05) is 31.7 Å². The minimum atomic E-state index is -0.0383. The fourth-order valence-electron chi connectivity index (χ4n) is 3.63. The summed E-state index contributed by atoms with van der Waals surface area (Å²) in [5.41, 5.74) is 3.35. The Morgan fingerprint density at radius 3 is 2.35 bits per heavy atom. The summed E-state index contributed by atoms with van der Waals surface area (Å²) in [5.74, 6) is 0.716. The molecule has 0 N–H and O–H groups in total. The zero-order chi connectivity index (χ0) is 21.8. The molecule has 160 valence electrons. The molecule has 0 saturated carbocycles. The third kappa shape index (κ3) is 4.55. The molecule has 0 radical (unpaired) electrons. The Balaban J connectivity index is 1.32. The van der Waals surface area contributed by atoms with E-state index in [0.29, 0.717) is 43.9 Å². The predicted molar refractivity (Wildman–Crippen MR) is 113 cm³/mol. The number of amides is 2. The van der Waals surface area contributed by atoms with E-state index in [0.717, 1.165) is 16.8 Å². The van der Waals surface area contributed by atoms with Crippen molar-refractivity contribution in [2.45, 2.75) is 13.3 Å². The number of carbonyl (C=O) groups excluding carboxylic acids is 2. The van der Waals surface area contributed by atoms with Crippen LogP contribution in [0.25, 0.3) is 5.69 Å². The number of hydrogen-bond donors (Lipinski definition) is 0. The van der Waals surface area contributed by atoms with Gasteiger partial charge >= 0.3 is 0 Å². The second-order valence-electron chi connectivity index (χ2n) is 7.46. The number of aryl methyl sites for hydroxylation is 1. The third-order valence-corrected chi connectivity index (χ3v) is 5.48. The van der Waals surface area contributed by atoms with Crippen molar-refractivity contribution in [3.8, 4) is 11.4 Å². The molecule has 0 spiro atoms. The van der Waals surface area contributed by atoms with Crippen LogP contribution >= 0.6 is 0 Å². The smallest absolute Gasteiger partial charge is 0.254 e. The maximum absolute atomic E-state index is 12.8. The van der Waals surface area contributed by atoms with E-state index in [1.807, 2.05) is 48.2 Å². The van der Waals surface area contributed by atoms with Crippen molar-refractivity contribution in [1.29, 1.82) is 0 Å². The molecular weight excluding hydrogens is 396 g/mol. The molecule has 9 nitrogen and oxygen atoms in total. The first-order chi connectivity index (χ1) is 15.0. The minimum Gasteiger partial charge on any atom is -0.496 e. The van der Waals surface area contributed by atoms with Crippen LogP contribution in [-0.2, 0) is 11.2 Å². The number of hydrogen-bond acceptors (Lipinski definition) is 6. The van der Waals surface area contributed by atoms with E-state index in [2.05, 4.69) is 15.5 Å². The Kier molecular flexibility index (Phi) is 5.92. The molecule has 1 aliphatic rings. The van der Waals surface area contributed by atoms with Gasteiger partial charge in [-0.1, -0.05) is 18.2 Å². The molecule has 0 aliphatic carbocycles. The molecular formula is C22H24N6O3.